The molecule has 0 amide bonds. The summed E-state index contributed by atoms with van der Waals surface area (Å²) < 4.78 is 20.9. The van der Waals surface area contributed by atoms with Gasteiger partial charge < -0.3 is 10.1 Å². The molecule has 1 fully saturated rings. The van der Waals surface area contributed by atoms with Crippen LogP contribution < -0.4 is 5.32 Å². The van der Waals surface area contributed by atoms with Crippen molar-refractivity contribution >= 4 is 5.65 Å². The van der Waals surface area contributed by atoms with Crippen molar-refractivity contribution in [3.05, 3.63) is 54.2 Å². The van der Waals surface area contributed by atoms with Crippen LogP contribution in [0.1, 0.15) is 11.8 Å². The number of morpholine rings is 1. The van der Waals surface area contributed by atoms with Crippen molar-refractivity contribution in [2.75, 3.05) is 19.7 Å². The van der Waals surface area contributed by atoms with Gasteiger partial charge in [0.1, 0.15) is 17.6 Å². The van der Waals surface area contributed by atoms with Crippen molar-refractivity contribution in [2.45, 2.75) is 6.10 Å². The fourth-order valence-corrected chi connectivity index (χ4v) is 2.67. The topological polar surface area (TPSA) is 51.5 Å². The van der Waals surface area contributed by atoms with Gasteiger partial charge in [-0.25, -0.2) is 14.4 Å². The first-order valence-electron chi connectivity index (χ1n) is 7.23. The van der Waals surface area contributed by atoms with Crippen molar-refractivity contribution in [3.8, 4) is 11.4 Å². The van der Waals surface area contributed by atoms with Crippen LogP contribution in [0, 0.1) is 5.82 Å². The highest BCUT2D eigenvalue weighted by Crippen LogP contribution is 2.23. The Morgan fingerprint density at radius 2 is 2.23 bits per heavy atom. The van der Waals surface area contributed by atoms with Gasteiger partial charge in [0.05, 0.1) is 29.9 Å². The predicted octanol–water partition coefficient (Wildman–Crippen LogP) is 2.20. The van der Waals surface area contributed by atoms with Crippen molar-refractivity contribution in [1.82, 2.24) is 19.7 Å². The smallest absolute Gasteiger partial charge is 0.139 e. The average Bonchev–Trinajstić information content (AvgIpc) is 2.99. The van der Waals surface area contributed by atoms with Gasteiger partial charge >= 0.3 is 0 Å². The van der Waals surface area contributed by atoms with Gasteiger partial charge in [-0.15, -0.1) is 0 Å². The summed E-state index contributed by atoms with van der Waals surface area (Å²) in [5.41, 5.74) is 3.08. The lowest BCUT2D eigenvalue weighted by Crippen LogP contribution is -2.33. The molecule has 1 atom stereocenters. The van der Waals surface area contributed by atoms with Gasteiger partial charge in [-0.3, -0.25) is 4.40 Å². The molecule has 0 saturated carbocycles. The molecule has 0 aromatic carbocycles. The number of halogens is 1. The first kappa shape index (κ1) is 13.4. The van der Waals surface area contributed by atoms with Gasteiger partial charge in [-0.2, -0.15) is 0 Å². The average molecular weight is 298 g/mol. The lowest BCUT2D eigenvalue weighted by Gasteiger charge is -2.23. The maximum absolute atomic E-state index is 13.5. The van der Waals surface area contributed by atoms with Crippen LogP contribution in [0.25, 0.3) is 17.0 Å². The van der Waals surface area contributed by atoms with E-state index in [1.807, 2.05) is 18.2 Å². The fourth-order valence-electron chi connectivity index (χ4n) is 2.67. The molecule has 0 bridgehead atoms. The van der Waals surface area contributed by atoms with Gasteiger partial charge in [0.15, 0.2) is 0 Å². The third kappa shape index (κ3) is 2.36. The third-order valence-corrected chi connectivity index (χ3v) is 3.76. The minimum Gasteiger partial charge on any atom is -0.369 e. The molecule has 22 heavy (non-hydrogen) atoms. The molecule has 1 N–H and O–H groups in total. The molecule has 5 nitrogen and oxygen atoms in total. The van der Waals surface area contributed by atoms with E-state index in [1.165, 1.54) is 12.3 Å². The molecule has 3 aromatic heterocycles. The highest BCUT2D eigenvalue weighted by atomic mass is 19.1. The summed E-state index contributed by atoms with van der Waals surface area (Å²) in [5, 5.41) is 3.29. The summed E-state index contributed by atoms with van der Waals surface area (Å²) >= 11 is 0. The lowest BCUT2D eigenvalue weighted by atomic mass is 10.2. The fraction of sp³-hybridized carbons (Fsp3) is 0.250. The van der Waals surface area contributed by atoms with E-state index in [0.29, 0.717) is 12.3 Å². The number of hydrogen-bond donors (Lipinski definition) is 1. The van der Waals surface area contributed by atoms with Gasteiger partial charge in [-0.1, -0.05) is 6.07 Å². The minimum atomic E-state index is -0.303. The molecule has 0 aliphatic carbocycles. The number of aromatic nitrogens is 3. The van der Waals surface area contributed by atoms with Crippen molar-refractivity contribution in [2.24, 2.45) is 0 Å². The van der Waals surface area contributed by atoms with Crippen LogP contribution in [0.4, 0.5) is 4.39 Å². The quantitative estimate of drug-likeness (QED) is 0.788. The number of pyridine rings is 2. The Morgan fingerprint density at radius 1 is 1.27 bits per heavy atom. The second-order valence-electron chi connectivity index (χ2n) is 5.23. The van der Waals surface area contributed by atoms with Gasteiger partial charge in [-0.05, 0) is 24.3 Å². The largest absolute Gasteiger partial charge is 0.369 e. The molecule has 4 heterocycles. The minimum absolute atomic E-state index is 0.0513. The van der Waals surface area contributed by atoms with Crippen LogP contribution >= 0.6 is 0 Å². The summed E-state index contributed by atoms with van der Waals surface area (Å²) in [7, 11) is 0. The molecule has 112 valence electrons. The monoisotopic (exact) mass is 298 g/mol. The summed E-state index contributed by atoms with van der Waals surface area (Å²) in [5.74, 6) is -0.303. The number of fused-ring (bicyclic) bond motifs is 1. The maximum Gasteiger partial charge on any atom is 0.139 e. The molecule has 1 aliphatic rings. The Morgan fingerprint density at radius 3 is 3.09 bits per heavy atom. The number of imidazole rings is 1. The van der Waals surface area contributed by atoms with Crippen LogP contribution in [0.3, 0.4) is 0 Å². The van der Waals surface area contributed by atoms with Crippen molar-refractivity contribution in [3.63, 3.8) is 0 Å². The van der Waals surface area contributed by atoms with E-state index in [4.69, 9.17) is 4.74 Å². The van der Waals surface area contributed by atoms with Gasteiger partial charge in [0, 0.05) is 19.3 Å². The Balaban J connectivity index is 1.76. The van der Waals surface area contributed by atoms with E-state index in [0.717, 1.165) is 30.2 Å². The molecule has 0 spiro atoms. The number of nitrogens with one attached hydrogen (secondary N) is 1. The molecule has 3 aromatic rings. The molecule has 1 aliphatic heterocycles. The van der Waals surface area contributed by atoms with Crippen LogP contribution in [0.5, 0.6) is 0 Å². The van der Waals surface area contributed by atoms with E-state index >= 15 is 0 Å². The zero-order chi connectivity index (χ0) is 14.9. The summed E-state index contributed by atoms with van der Waals surface area (Å²) in [4.78, 5) is 8.96. The second kappa shape index (κ2) is 5.47. The second-order valence-corrected chi connectivity index (χ2v) is 5.23. The highest BCUT2D eigenvalue weighted by Gasteiger charge is 2.18. The summed E-state index contributed by atoms with van der Waals surface area (Å²) in [6.45, 7) is 2.29. The SMILES string of the molecule is Fc1ccc2ncc(-c3cccc([C@@H]4CNCCO4)n3)n2c1. The number of ether oxygens (including phenoxy) is 1. The normalized spacial score (nSPS) is 18.7. The molecule has 1 saturated heterocycles. The summed E-state index contributed by atoms with van der Waals surface area (Å²) in [6.07, 6.45) is 3.08. The van der Waals surface area contributed by atoms with Crippen LogP contribution in [-0.4, -0.2) is 34.1 Å². The first-order valence-corrected chi connectivity index (χ1v) is 7.23. The van der Waals surface area contributed by atoms with E-state index in [9.17, 15) is 4.39 Å². The van der Waals surface area contributed by atoms with Crippen molar-refractivity contribution in [1.29, 1.82) is 0 Å². The van der Waals surface area contributed by atoms with Crippen LogP contribution in [0.15, 0.2) is 42.7 Å². The van der Waals surface area contributed by atoms with Crippen molar-refractivity contribution < 1.29 is 9.13 Å². The molecular weight excluding hydrogens is 283 g/mol. The molecule has 0 radical (unpaired) electrons. The van der Waals surface area contributed by atoms with E-state index in [-0.39, 0.29) is 11.9 Å². The Labute approximate surface area is 126 Å². The molecule has 6 heteroatoms. The van der Waals surface area contributed by atoms with E-state index in [2.05, 4.69) is 15.3 Å². The molecular formula is C16H15FN4O. The third-order valence-electron chi connectivity index (χ3n) is 3.76. The first-order chi connectivity index (χ1) is 10.8. The van der Waals surface area contributed by atoms with Crippen LogP contribution in [-0.2, 0) is 4.74 Å². The Kier molecular flexibility index (Phi) is 3.32. The van der Waals surface area contributed by atoms with Gasteiger partial charge in [0.2, 0.25) is 0 Å². The highest BCUT2D eigenvalue weighted by molar-refractivity contribution is 5.60. The zero-order valence-electron chi connectivity index (χ0n) is 11.9. The van der Waals surface area contributed by atoms with E-state index < -0.39 is 0 Å². The standard InChI is InChI=1S/C16H15FN4O/c17-11-4-5-16-19-8-14(21(16)10-11)12-2-1-3-13(20-12)15-9-18-6-7-22-15/h1-5,8,10,15,18H,6-7,9H2/t15-/m0/s1. The van der Waals surface area contributed by atoms with E-state index in [1.54, 1.807) is 16.7 Å². The lowest BCUT2D eigenvalue weighted by molar-refractivity contribution is 0.0251. The number of rotatable bonds is 2. The van der Waals surface area contributed by atoms with Crippen LogP contribution in [0.2, 0.25) is 0 Å². The molecule has 0 unspecified atom stereocenters. The Bertz CT molecular complexity index is 811. The predicted molar refractivity (Wildman–Crippen MR) is 79.9 cm³/mol. The summed E-state index contributed by atoms with van der Waals surface area (Å²) in [6, 6.07) is 8.84. The number of hydrogen-bond acceptors (Lipinski definition) is 4. The number of nitrogens with zero attached hydrogens (tertiary/aromatic N) is 3. The maximum atomic E-state index is 13.5. The zero-order valence-corrected chi connectivity index (χ0v) is 11.9. The van der Waals surface area contributed by atoms with Gasteiger partial charge in [0.25, 0.3) is 0 Å². The molecule has 4 rings (SSSR count). The Hall–Kier alpha value is -2.31.